The van der Waals surface area contributed by atoms with E-state index in [0.29, 0.717) is 5.56 Å². The quantitative estimate of drug-likeness (QED) is 0.655. The first kappa shape index (κ1) is 17.4. The highest BCUT2D eigenvalue weighted by Gasteiger charge is 2.30. The van der Waals surface area contributed by atoms with Crippen LogP contribution >= 0.6 is 27.3 Å². The molecule has 1 aromatic heterocycles. The number of amides is 1. The Balaban J connectivity index is 1.63. The zero-order chi connectivity index (χ0) is 17.1. The minimum atomic E-state index is 0.0251. The molecular formula is C19H20BrNO2S. The predicted octanol–water partition coefficient (Wildman–Crippen LogP) is 5.01. The summed E-state index contributed by atoms with van der Waals surface area (Å²) in [6.07, 6.45) is 2.39. The second kappa shape index (κ2) is 7.62. The molecule has 0 saturated heterocycles. The number of Topliss-reactive ketones (excluding diaryl/α,β-unsaturated/α-hetero) is 1. The number of hydrogen-bond acceptors (Lipinski definition) is 3. The third-order valence-corrected chi connectivity index (χ3v) is 6.06. The van der Waals surface area contributed by atoms with E-state index < -0.39 is 0 Å². The van der Waals surface area contributed by atoms with Crippen molar-refractivity contribution in [2.75, 3.05) is 6.54 Å². The molecule has 0 bridgehead atoms. The van der Waals surface area contributed by atoms with Gasteiger partial charge in [-0.15, -0.1) is 11.3 Å². The highest BCUT2D eigenvalue weighted by molar-refractivity contribution is 9.10. The minimum absolute atomic E-state index is 0.0251. The van der Waals surface area contributed by atoms with Crippen molar-refractivity contribution in [3.63, 3.8) is 0 Å². The zero-order valence-electron chi connectivity index (χ0n) is 13.6. The predicted molar refractivity (Wildman–Crippen MR) is 100 cm³/mol. The minimum Gasteiger partial charge on any atom is -0.335 e. The first-order valence-corrected chi connectivity index (χ1v) is 9.92. The van der Waals surface area contributed by atoms with E-state index in [9.17, 15) is 9.59 Å². The Morgan fingerprint density at radius 1 is 1.21 bits per heavy atom. The average Bonchev–Trinajstić information content (AvgIpc) is 3.07. The van der Waals surface area contributed by atoms with E-state index in [1.807, 2.05) is 17.0 Å². The molecular weight excluding hydrogens is 386 g/mol. The van der Waals surface area contributed by atoms with Gasteiger partial charge in [-0.2, -0.15) is 0 Å². The number of thiophene rings is 1. The van der Waals surface area contributed by atoms with E-state index in [2.05, 4.69) is 34.3 Å². The van der Waals surface area contributed by atoms with Crippen LogP contribution in [0.15, 0.2) is 40.2 Å². The van der Waals surface area contributed by atoms with Crippen molar-refractivity contribution in [1.82, 2.24) is 4.90 Å². The molecule has 1 aromatic carbocycles. The second-order valence-electron chi connectivity index (χ2n) is 5.99. The number of rotatable bonds is 5. The summed E-state index contributed by atoms with van der Waals surface area (Å²) in [6, 6.07) is 9.60. The molecule has 0 aliphatic carbocycles. The van der Waals surface area contributed by atoms with E-state index in [1.165, 1.54) is 10.4 Å². The van der Waals surface area contributed by atoms with Gasteiger partial charge in [0.05, 0.1) is 6.04 Å². The van der Waals surface area contributed by atoms with E-state index >= 15 is 0 Å². The second-order valence-corrected chi connectivity index (χ2v) is 7.91. The SMILES string of the molecule is CCC1c2ccsc2CCN1C(=O)CCC(=O)c1ccc(Br)cc1. The summed E-state index contributed by atoms with van der Waals surface area (Å²) >= 11 is 5.14. The molecule has 3 nitrogen and oxygen atoms in total. The Kier molecular flexibility index (Phi) is 5.51. The van der Waals surface area contributed by atoms with Gasteiger partial charge in [0, 0.05) is 34.3 Å². The fourth-order valence-corrected chi connectivity index (χ4v) is 4.47. The topological polar surface area (TPSA) is 37.4 Å². The van der Waals surface area contributed by atoms with E-state index in [4.69, 9.17) is 0 Å². The molecule has 1 aliphatic heterocycles. The molecule has 0 radical (unpaired) electrons. The molecule has 1 unspecified atom stereocenters. The first-order chi connectivity index (χ1) is 11.6. The van der Waals surface area contributed by atoms with Gasteiger partial charge in [0.25, 0.3) is 0 Å². The van der Waals surface area contributed by atoms with Crippen molar-refractivity contribution in [3.8, 4) is 0 Å². The Hall–Kier alpha value is -1.46. The van der Waals surface area contributed by atoms with Crippen LogP contribution in [0.5, 0.6) is 0 Å². The molecule has 0 N–H and O–H groups in total. The number of carbonyl (C=O) groups is 2. The molecule has 1 aliphatic rings. The van der Waals surface area contributed by atoms with Crippen molar-refractivity contribution in [2.24, 2.45) is 0 Å². The normalized spacial score (nSPS) is 16.8. The Labute approximate surface area is 154 Å². The molecule has 0 saturated carbocycles. The number of benzene rings is 1. The fraction of sp³-hybridized carbons (Fsp3) is 0.368. The van der Waals surface area contributed by atoms with Crippen molar-refractivity contribution >= 4 is 39.0 Å². The van der Waals surface area contributed by atoms with Crippen LogP contribution in [0, 0.1) is 0 Å². The van der Waals surface area contributed by atoms with Crippen molar-refractivity contribution in [2.45, 2.75) is 38.6 Å². The van der Waals surface area contributed by atoms with Crippen LogP contribution in [-0.4, -0.2) is 23.1 Å². The lowest BCUT2D eigenvalue weighted by Gasteiger charge is -2.35. The summed E-state index contributed by atoms with van der Waals surface area (Å²) in [5.74, 6) is 0.112. The maximum Gasteiger partial charge on any atom is 0.223 e. The number of halogens is 1. The van der Waals surface area contributed by atoms with Crippen LogP contribution in [0.1, 0.15) is 53.0 Å². The van der Waals surface area contributed by atoms with Crippen molar-refractivity contribution in [3.05, 3.63) is 56.2 Å². The van der Waals surface area contributed by atoms with Gasteiger partial charge in [-0.1, -0.05) is 35.0 Å². The van der Waals surface area contributed by atoms with Gasteiger partial charge in [-0.25, -0.2) is 0 Å². The molecule has 2 heterocycles. The number of nitrogens with zero attached hydrogens (tertiary/aromatic N) is 1. The molecule has 24 heavy (non-hydrogen) atoms. The van der Waals surface area contributed by atoms with Crippen LogP contribution < -0.4 is 0 Å². The molecule has 3 rings (SSSR count). The van der Waals surface area contributed by atoms with Crippen LogP contribution in [0.25, 0.3) is 0 Å². The zero-order valence-corrected chi connectivity index (χ0v) is 16.0. The number of carbonyl (C=O) groups excluding carboxylic acids is 2. The molecule has 5 heteroatoms. The number of fused-ring (bicyclic) bond motifs is 1. The molecule has 0 spiro atoms. The number of hydrogen-bond donors (Lipinski definition) is 0. The first-order valence-electron chi connectivity index (χ1n) is 8.24. The van der Waals surface area contributed by atoms with Crippen LogP contribution in [0.2, 0.25) is 0 Å². The van der Waals surface area contributed by atoms with Gasteiger partial charge < -0.3 is 4.90 Å². The van der Waals surface area contributed by atoms with Gasteiger partial charge in [0.15, 0.2) is 5.78 Å². The van der Waals surface area contributed by atoms with Gasteiger partial charge in [0.1, 0.15) is 0 Å². The third-order valence-electron chi connectivity index (χ3n) is 4.53. The lowest BCUT2D eigenvalue weighted by Crippen LogP contribution is -2.39. The summed E-state index contributed by atoms with van der Waals surface area (Å²) in [6.45, 7) is 2.88. The van der Waals surface area contributed by atoms with E-state index in [1.54, 1.807) is 23.5 Å². The van der Waals surface area contributed by atoms with Gasteiger partial charge in [0.2, 0.25) is 5.91 Å². The molecule has 0 fully saturated rings. The summed E-state index contributed by atoms with van der Waals surface area (Å²) in [5.41, 5.74) is 1.96. The molecule has 1 amide bonds. The van der Waals surface area contributed by atoms with Crippen molar-refractivity contribution < 1.29 is 9.59 Å². The smallest absolute Gasteiger partial charge is 0.223 e. The molecule has 2 aromatic rings. The Bertz CT molecular complexity index is 738. The fourth-order valence-electron chi connectivity index (χ4n) is 3.28. The molecule has 126 valence electrons. The standard InChI is InChI=1S/C19H20BrNO2S/c1-2-16-15-10-12-24-18(15)9-11-21(16)19(23)8-7-17(22)13-3-5-14(20)6-4-13/h3-6,10,12,16H,2,7-9,11H2,1H3. The van der Waals surface area contributed by atoms with Crippen LogP contribution in [-0.2, 0) is 11.2 Å². The third kappa shape index (κ3) is 3.62. The summed E-state index contributed by atoms with van der Waals surface area (Å²) < 4.78 is 0.945. The number of ketones is 1. The lowest BCUT2D eigenvalue weighted by molar-refractivity contribution is -0.134. The lowest BCUT2D eigenvalue weighted by atomic mass is 9.97. The monoisotopic (exact) mass is 405 g/mol. The van der Waals surface area contributed by atoms with E-state index in [-0.39, 0.29) is 30.6 Å². The maximum absolute atomic E-state index is 12.7. The highest BCUT2D eigenvalue weighted by atomic mass is 79.9. The average molecular weight is 406 g/mol. The maximum atomic E-state index is 12.7. The van der Waals surface area contributed by atoms with Crippen LogP contribution in [0.4, 0.5) is 0 Å². The summed E-state index contributed by atoms with van der Waals surface area (Å²) in [5, 5.41) is 2.11. The van der Waals surface area contributed by atoms with Crippen molar-refractivity contribution in [1.29, 1.82) is 0 Å². The van der Waals surface area contributed by atoms with Crippen LogP contribution in [0.3, 0.4) is 0 Å². The van der Waals surface area contributed by atoms with Gasteiger partial charge >= 0.3 is 0 Å². The largest absolute Gasteiger partial charge is 0.335 e. The van der Waals surface area contributed by atoms with E-state index in [0.717, 1.165) is 23.9 Å². The van der Waals surface area contributed by atoms with Gasteiger partial charge in [-0.3, -0.25) is 9.59 Å². The molecule has 1 atom stereocenters. The van der Waals surface area contributed by atoms with Gasteiger partial charge in [-0.05, 0) is 42.0 Å². The Morgan fingerprint density at radius 3 is 2.67 bits per heavy atom. The summed E-state index contributed by atoms with van der Waals surface area (Å²) in [7, 11) is 0. The Morgan fingerprint density at radius 2 is 1.96 bits per heavy atom. The summed E-state index contributed by atoms with van der Waals surface area (Å²) in [4.78, 5) is 28.3. The highest BCUT2D eigenvalue weighted by Crippen LogP contribution is 2.35.